The molecule has 2 heterocycles. The number of fused-ring (bicyclic) bond motifs is 1. The Bertz CT molecular complexity index is 1400. The summed E-state index contributed by atoms with van der Waals surface area (Å²) in [5.41, 5.74) is 2.70. The van der Waals surface area contributed by atoms with Gasteiger partial charge in [0.05, 0.1) is 5.56 Å². The quantitative estimate of drug-likeness (QED) is 0.319. The van der Waals surface area contributed by atoms with E-state index < -0.39 is 17.7 Å². The van der Waals surface area contributed by atoms with Crippen LogP contribution in [0.2, 0.25) is 5.02 Å². The molecule has 180 valence electrons. The molecule has 0 aliphatic heterocycles. The van der Waals surface area contributed by atoms with E-state index in [1.54, 1.807) is 12.1 Å². The average molecular weight is 502 g/mol. The molecule has 0 fully saturated rings. The number of anilines is 1. The number of aromatic nitrogens is 4. The number of aryl methyl sites for hydroxylation is 2. The highest BCUT2D eigenvalue weighted by molar-refractivity contribution is 6.30. The fourth-order valence-corrected chi connectivity index (χ4v) is 4.37. The zero-order chi connectivity index (χ0) is 24.7. The highest BCUT2D eigenvalue weighted by Crippen LogP contribution is 2.32. The van der Waals surface area contributed by atoms with Crippen LogP contribution in [0.25, 0.3) is 22.8 Å². The number of alkyl halides is 3. The van der Waals surface area contributed by atoms with Gasteiger partial charge in [0.25, 0.3) is 0 Å². The van der Waals surface area contributed by atoms with Crippen LogP contribution in [0.3, 0.4) is 0 Å². The Labute approximate surface area is 203 Å². The number of imidazole rings is 1. The van der Waals surface area contributed by atoms with Gasteiger partial charge in [-0.1, -0.05) is 35.9 Å². The van der Waals surface area contributed by atoms with E-state index in [9.17, 15) is 17.6 Å². The van der Waals surface area contributed by atoms with Crippen molar-refractivity contribution in [2.45, 2.75) is 32.0 Å². The van der Waals surface area contributed by atoms with Gasteiger partial charge in [-0.2, -0.15) is 13.2 Å². The summed E-state index contributed by atoms with van der Waals surface area (Å²) in [6.07, 6.45) is -0.959. The van der Waals surface area contributed by atoms with E-state index in [-0.39, 0.29) is 17.2 Å². The summed E-state index contributed by atoms with van der Waals surface area (Å²) in [5.74, 6) is 0.708. The molecule has 1 aliphatic rings. The third-order valence-electron chi connectivity index (χ3n) is 5.94. The van der Waals surface area contributed by atoms with Crippen molar-refractivity contribution in [2.24, 2.45) is 7.05 Å². The lowest BCUT2D eigenvalue weighted by Crippen LogP contribution is -2.08. The summed E-state index contributed by atoms with van der Waals surface area (Å²) in [7, 11) is 1.53. The zero-order valence-corrected chi connectivity index (χ0v) is 19.4. The first-order valence-electron chi connectivity index (χ1n) is 11.0. The highest BCUT2D eigenvalue weighted by Gasteiger charge is 2.34. The Balaban J connectivity index is 1.38. The van der Waals surface area contributed by atoms with Gasteiger partial charge in [0, 0.05) is 41.6 Å². The van der Waals surface area contributed by atoms with Crippen molar-refractivity contribution in [3.63, 3.8) is 0 Å². The lowest BCUT2D eigenvalue weighted by atomic mass is 10.1. The molecular formula is C25H20ClF4N5. The monoisotopic (exact) mass is 501 g/mol. The number of hydrogen-bond acceptors (Lipinski definition) is 4. The van der Waals surface area contributed by atoms with E-state index in [4.69, 9.17) is 11.6 Å². The third kappa shape index (κ3) is 4.73. The number of hydrogen-bond donors (Lipinski definition) is 1. The number of nitrogens with zero attached hydrogens (tertiary/aromatic N) is 4. The minimum Gasteiger partial charge on any atom is -0.366 e. The van der Waals surface area contributed by atoms with Gasteiger partial charge in [-0.15, -0.1) is 0 Å². The van der Waals surface area contributed by atoms with Crippen molar-refractivity contribution in [1.82, 2.24) is 19.5 Å². The Hall–Kier alpha value is -3.46. The summed E-state index contributed by atoms with van der Waals surface area (Å²) in [6.45, 7) is 0.426. The minimum absolute atomic E-state index is 0.235. The SMILES string of the molecule is Cn1cc(C(F)(F)F)nc1-c1ccc(CNc2nc(-c3cc(Cl)ccc3F)nc3c2CCC3)cc1. The molecule has 0 spiro atoms. The van der Waals surface area contributed by atoms with E-state index in [0.717, 1.165) is 42.3 Å². The number of halogens is 5. The second kappa shape index (κ2) is 8.96. The number of rotatable bonds is 5. The summed E-state index contributed by atoms with van der Waals surface area (Å²) in [4.78, 5) is 12.9. The number of benzene rings is 2. The molecule has 1 N–H and O–H groups in total. The minimum atomic E-state index is -4.50. The maximum atomic E-state index is 14.4. The van der Waals surface area contributed by atoms with Crippen LogP contribution in [0.1, 0.15) is 28.9 Å². The van der Waals surface area contributed by atoms with Gasteiger partial charge < -0.3 is 9.88 Å². The van der Waals surface area contributed by atoms with Gasteiger partial charge in [0.15, 0.2) is 11.5 Å². The van der Waals surface area contributed by atoms with Crippen LogP contribution in [-0.2, 0) is 32.6 Å². The van der Waals surface area contributed by atoms with Gasteiger partial charge in [0.1, 0.15) is 17.5 Å². The van der Waals surface area contributed by atoms with Gasteiger partial charge in [0.2, 0.25) is 0 Å². The second-order valence-corrected chi connectivity index (χ2v) is 8.84. The van der Waals surface area contributed by atoms with Gasteiger partial charge in [-0.3, -0.25) is 0 Å². The molecule has 0 unspecified atom stereocenters. The van der Waals surface area contributed by atoms with Gasteiger partial charge in [-0.05, 0) is 43.0 Å². The molecular weight excluding hydrogens is 482 g/mol. The lowest BCUT2D eigenvalue weighted by molar-refractivity contribution is -0.140. The summed E-state index contributed by atoms with van der Waals surface area (Å²) < 4.78 is 54.7. The van der Waals surface area contributed by atoms with Crippen molar-refractivity contribution in [1.29, 1.82) is 0 Å². The normalized spacial score (nSPS) is 13.2. The van der Waals surface area contributed by atoms with Crippen molar-refractivity contribution in [3.8, 4) is 22.8 Å². The van der Waals surface area contributed by atoms with Crippen LogP contribution in [0.5, 0.6) is 0 Å². The lowest BCUT2D eigenvalue weighted by Gasteiger charge is -2.13. The fourth-order valence-electron chi connectivity index (χ4n) is 4.20. The molecule has 2 aromatic heterocycles. The van der Waals surface area contributed by atoms with Crippen LogP contribution in [-0.4, -0.2) is 19.5 Å². The molecule has 0 radical (unpaired) electrons. The van der Waals surface area contributed by atoms with Crippen molar-refractivity contribution in [2.75, 3.05) is 5.32 Å². The van der Waals surface area contributed by atoms with Crippen LogP contribution in [0.15, 0.2) is 48.7 Å². The summed E-state index contributed by atoms with van der Waals surface area (Å²) >= 11 is 6.06. The molecule has 0 amide bonds. The molecule has 5 nitrogen and oxygen atoms in total. The molecule has 0 saturated heterocycles. The summed E-state index contributed by atoms with van der Waals surface area (Å²) in [6, 6.07) is 11.4. The van der Waals surface area contributed by atoms with Gasteiger partial charge in [-0.25, -0.2) is 19.3 Å². The standard InChI is InChI=1S/C25H20ClF4N5/c1-35-13-21(25(28,29)30)33-24(35)15-7-5-14(6-8-15)12-31-22-17-3-2-4-20(17)32-23(34-22)18-11-16(26)9-10-19(18)27/h5-11,13H,2-4,12H2,1H3,(H,31,32,34). The van der Waals surface area contributed by atoms with Crippen molar-refractivity contribution in [3.05, 3.63) is 82.0 Å². The second-order valence-electron chi connectivity index (χ2n) is 8.41. The van der Waals surface area contributed by atoms with Crippen molar-refractivity contribution < 1.29 is 17.6 Å². The van der Waals surface area contributed by atoms with E-state index in [1.165, 1.54) is 29.8 Å². The van der Waals surface area contributed by atoms with Gasteiger partial charge >= 0.3 is 6.18 Å². The predicted octanol–water partition coefficient (Wildman–Crippen LogP) is 6.46. The van der Waals surface area contributed by atoms with E-state index in [0.29, 0.717) is 22.9 Å². The first kappa shape index (κ1) is 23.3. The van der Waals surface area contributed by atoms with Crippen LogP contribution >= 0.6 is 11.6 Å². The molecule has 35 heavy (non-hydrogen) atoms. The molecule has 0 atom stereocenters. The Morgan fingerprint density at radius 3 is 2.51 bits per heavy atom. The van der Waals surface area contributed by atoms with Crippen LogP contribution in [0.4, 0.5) is 23.4 Å². The largest absolute Gasteiger partial charge is 0.434 e. The Morgan fingerprint density at radius 1 is 1.03 bits per heavy atom. The third-order valence-corrected chi connectivity index (χ3v) is 6.18. The first-order valence-corrected chi connectivity index (χ1v) is 11.4. The Morgan fingerprint density at radius 2 is 1.80 bits per heavy atom. The van der Waals surface area contributed by atoms with E-state index in [2.05, 4.69) is 20.3 Å². The molecule has 4 aromatic rings. The Kier molecular flexibility index (Phi) is 5.96. The summed E-state index contributed by atoms with van der Waals surface area (Å²) in [5, 5.41) is 3.72. The molecule has 5 rings (SSSR count). The maximum Gasteiger partial charge on any atom is 0.434 e. The predicted molar refractivity (Wildman–Crippen MR) is 125 cm³/mol. The topological polar surface area (TPSA) is 55.6 Å². The zero-order valence-electron chi connectivity index (χ0n) is 18.6. The molecule has 0 bridgehead atoms. The smallest absolute Gasteiger partial charge is 0.366 e. The maximum absolute atomic E-state index is 14.4. The van der Waals surface area contributed by atoms with E-state index >= 15 is 0 Å². The molecule has 1 aliphatic carbocycles. The number of nitrogens with one attached hydrogen (secondary N) is 1. The molecule has 10 heteroatoms. The first-order chi connectivity index (χ1) is 16.7. The van der Waals surface area contributed by atoms with E-state index in [1.807, 2.05) is 12.1 Å². The van der Waals surface area contributed by atoms with Crippen LogP contribution in [0, 0.1) is 5.82 Å². The molecule has 0 saturated carbocycles. The fraction of sp³-hybridized carbons (Fsp3) is 0.240. The van der Waals surface area contributed by atoms with Crippen molar-refractivity contribution >= 4 is 17.4 Å². The van der Waals surface area contributed by atoms with Crippen LogP contribution < -0.4 is 5.32 Å². The molecule has 2 aromatic carbocycles. The highest BCUT2D eigenvalue weighted by atomic mass is 35.5. The average Bonchev–Trinajstić information content (AvgIpc) is 3.46.